The predicted octanol–water partition coefficient (Wildman–Crippen LogP) is 1.18. The fourth-order valence-corrected chi connectivity index (χ4v) is 2.81. The maximum absolute atomic E-state index is 10.5. The molecule has 2 aliphatic heterocycles. The van der Waals surface area contributed by atoms with Crippen LogP contribution in [0.4, 0.5) is 0 Å². The maximum atomic E-state index is 10.5. The number of aliphatic hydroxyl groups is 1. The van der Waals surface area contributed by atoms with Crippen molar-refractivity contribution in [3.63, 3.8) is 0 Å². The van der Waals surface area contributed by atoms with Gasteiger partial charge in [0.05, 0.1) is 18.8 Å². The van der Waals surface area contributed by atoms with Crippen LogP contribution in [0.1, 0.15) is 25.7 Å². The lowest BCUT2D eigenvalue weighted by molar-refractivity contribution is -0.136. The van der Waals surface area contributed by atoms with Crippen LogP contribution in [0.3, 0.4) is 0 Å². The van der Waals surface area contributed by atoms with Crippen molar-refractivity contribution in [1.82, 2.24) is 4.90 Å². The molecule has 86 valence electrons. The van der Waals surface area contributed by atoms with Gasteiger partial charge in [0.2, 0.25) is 0 Å². The predicted molar refractivity (Wildman–Crippen MR) is 59.8 cm³/mol. The van der Waals surface area contributed by atoms with Gasteiger partial charge in [0.15, 0.2) is 0 Å². The lowest BCUT2D eigenvalue weighted by Crippen LogP contribution is -2.60. The topological polar surface area (TPSA) is 32.7 Å². The number of rotatable bonds is 3. The monoisotopic (exact) mass is 211 g/mol. The van der Waals surface area contributed by atoms with Crippen LogP contribution in [0.2, 0.25) is 0 Å². The SMILES string of the molecule is C=CCCC1(O)CC2COCC(C1)N2C. The Morgan fingerprint density at radius 3 is 2.60 bits per heavy atom. The number of morpholine rings is 1. The quantitative estimate of drug-likeness (QED) is 0.711. The van der Waals surface area contributed by atoms with Crippen molar-refractivity contribution in [2.45, 2.75) is 43.4 Å². The molecule has 2 aliphatic rings. The summed E-state index contributed by atoms with van der Waals surface area (Å²) in [5, 5.41) is 10.5. The molecule has 2 bridgehead atoms. The zero-order valence-electron chi connectivity index (χ0n) is 9.48. The van der Waals surface area contributed by atoms with Gasteiger partial charge in [0, 0.05) is 12.1 Å². The second-order valence-electron chi connectivity index (χ2n) is 4.97. The molecule has 0 aromatic rings. The number of allylic oxidation sites excluding steroid dienone is 1. The van der Waals surface area contributed by atoms with Gasteiger partial charge in [-0.3, -0.25) is 4.90 Å². The van der Waals surface area contributed by atoms with Crippen LogP contribution in [-0.4, -0.2) is 48.0 Å². The van der Waals surface area contributed by atoms with Crippen molar-refractivity contribution in [3.05, 3.63) is 12.7 Å². The highest BCUT2D eigenvalue weighted by Gasteiger charge is 2.43. The summed E-state index contributed by atoms with van der Waals surface area (Å²) in [6.45, 7) is 5.25. The molecule has 0 radical (unpaired) electrons. The molecule has 2 rings (SSSR count). The van der Waals surface area contributed by atoms with Crippen molar-refractivity contribution in [3.8, 4) is 0 Å². The summed E-state index contributed by atoms with van der Waals surface area (Å²) >= 11 is 0. The van der Waals surface area contributed by atoms with E-state index >= 15 is 0 Å². The molecule has 0 aliphatic carbocycles. The van der Waals surface area contributed by atoms with E-state index in [-0.39, 0.29) is 0 Å². The second kappa shape index (κ2) is 4.24. The van der Waals surface area contributed by atoms with E-state index in [9.17, 15) is 5.11 Å². The van der Waals surface area contributed by atoms with Gasteiger partial charge in [-0.1, -0.05) is 6.08 Å². The lowest BCUT2D eigenvalue weighted by atomic mass is 9.79. The Hall–Kier alpha value is -0.380. The number of likely N-dealkylation sites (N-methyl/N-ethyl adjacent to an activating group) is 1. The summed E-state index contributed by atoms with van der Waals surface area (Å²) in [7, 11) is 2.14. The van der Waals surface area contributed by atoms with Gasteiger partial charge in [0.1, 0.15) is 0 Å². The Bertz CT molecular complexity index is 228. The van der Waals surface area contributed by atoms with E-state index in [1.165, 1.54) is 0 Å². The maximum Gasteiger partial charge on any atom is 0.0682 e. The molecule has 3 heteroatoms. The summed E-state index contributed by atoms with van der Waals surface area (Å²) in [5.41, 5.74) is -0.486. The highest BCUT2D eigenvalue weighted by molar-refractivity contribution is 4.98. The van der Waals surface area contributed by atoms with Gasteiger partial charge in [-0.15, -0.1) is 6.58 Å². The largest absolute Gasteiger partial charge is 0.390 e. The minimum Gasteiger partial charge on any atom is -0.390 e. The third-order valence-electron chi connectivity index (χ3n) is 3.82. The fourth-order valence-electron chi connectivity index (χ4n) is 2.81. The minimum atomic E-state index is -0.486. The van der Waals surface area contributed by atoms with E-state index in [1.807, 2.05) is 6.08 Å². The van der Waals surface area contributed by atoms with Crippen molar-refractivity contribution < 1.29 is 9.84 Å². The molecule has 0 spiro atoms. The van der Waals surface area contributed by atoms with E-state index in [1.54, 1.807) is 0 Å². The van der Waals surface area contributed by atoms with E-state index < -0.39 is 5.60 Å². The molecule has 2 atom stereocenters. The Balaban J connectivity index is 2.02. The first-order valence-corrected chi connectivity index (χ1v) is 5.77. The molecular formula is C12H21NO2. The van der Waals surface area contributed by atoms with Crippen LogP contribution >= 0.6 is 0 Å². The number of fused-ring (bicyclic) bond motifs is 2. The third kappa shape index (κ3) is 2.25. The van der Waals surface area contributed by atoms with E-state index in [0.29, 0.717) is 12.1 Å². The average Bonchev–Trinajstić information content (AvgIpc) is 2.18. The second-order valence-corrected chi connectivity index (χ2v) is 4.97. The molecular weight excluding hydrogens is 190 g/mol. The van der Waals surface area contributed by atoms with Crippen molar-refractivity contribution >= 4 is 0 Å². The fraction of sp³-hybridized carbons (Fsp3) is 0.833. The van der Waals surface area contributed by atoms with Gasteiger partial charge in [0.25, 0.3) is 0 Å². The number of ether oxygens (including phenoxy) is 1. The zero-order chi connectivity index (χ0) is 10.9. The molecule has 0 amide bonds. The van der Waals surface area contributed by atoms with Crippen LogP contribution in [0.15, 0.2) is 12.7 Å². The molecule has 2 heterocycles. The number of hydrogen-bond donors (Lipinski definition) is 1. The normalized spacial score (nSPS) is 41.5. The summed E-state index contributed by atoms with van der Waals surface area (Å²) < 4.78 is 5.53. The van der Waals surface area contributed by atoms with Crippen LogP contribution in [-0.2, 0) is 4.74 Å². The van der Waals surface area contributed by atoms with Gasteiger partial charge in [-0.25, -0.2) is 0 Å². The molecule has 2 unspecified atom stereocenters. The molecule has 15 heavy (non-hydrogen) atoms. The summed E-state index contributed by atoms with van der Waals surface area (Å²) in [4.78, 5) is 2.37. The molecule has 3 nitrogen and oxygen atoms in total. The Morgan fingerprint density at radius 2 is 2.07 bits per heavy atom. The average molecular weight is 211 g/mol. The van der Waals surface area contributed by atoms with E-state index in [4.69, 9.17) is 4.74 Å². The Kier molecular flexibility index (Phi) is 3.14. The Morgan fingerprint density at radius 1 is 1.47 bits per heavy atom. The van der Waals surface area contributed by atoms with Crippen molar-refractivity contribution in [2.24, 2.45) is 0 Å². The Labute approximate surface area is 91.7 Å². The van der Waals surface area contributed by atoms with Gasteiger partial charge >= 0.3 is 0 Å². The first-order chi connectivity index (χ1) is 7.14. The summed E-state index contributed by atoms with van der Waals surface area (Å²) in [5.74, 6) is 0. The van der Waals surface area contributed by atoms with Crippen molar-refractivity contribution in [1.29, 1.82) is 0 Å². The molecule has 2 fully saturated rings. The van der Waals surface area contributed by atoms with E-state index in [0.717, 1.165) is 38.9 Å². The molecule has 0 aromatic heterocycles. The first kappa shape index (κ1) is 11.1. The summed E-state index contributed by atoms with van der Waals surface area (Å²) in [6, 6.07) is 0.791. The van der Waals surface area contributed by atoms with Gasteiger partial charge in [-0.2, -0.15) is 0 Å². The van der Waals surface area contributed by atoms with Crippen LogP contribution < -0.4 is 0 Å². The van der Waals surface area contributed by atoms with E-state index in [2.05, 4.69) is 18.5 Å². The minimum absolute atomic E-state index is 0.396. The molecule has 1 N–H and O–H groups in total. The molecule has 0 aromatic carbocycles. The van der Waals surface area contributed by atoms with Crippen LogP contribution in [0, 0.1) is 0 Å². The highest BCUT2D eigenvalue weighted by Crippen LogP contribution is 2.36. The molecule has 2 saturated heterocycles. The standard InChI is InChI=1S/C12H21NO2/c1-3-4-5-12(14)6-10-8-15-9-11(7-12)13(10)2/h3,10-11,14H,1,4-9H2,2H3. The number of piperidine rings is 1. The number of nitrogens with zero attached hydrogens (tertiary/aromatic N) is 1. The van der Waals surface area contributed by atoms with Crippen LogP contribution in [0.25, 0.3) is 0 Å². The van der Waals surface area contributed by atoms with Crippen LogP contribution in [0.5, 0.6) is 0 Å². The van der Waals surface area contributed by atoms with Gasteiger partial charge in [-0.05, 0) is 32.7 Å². The van der Waals surface area contributed by atoms with Crippen molar-refractivity contribution in [2.75, 3.05) is 20.3 Å². The third-order valence-corrected chi connectivity index (χ3v) is 3.82. The van der Waals surface area contributed by atoms with Gasteiger partial charge < -0.3 is 9.84 Å². The molecule has 0 saturated carbocycles. The first-order valence-electron chi connectivity index (χ1n) is 5.77. The number of hydrogen-bond acceptors (Lipinski definition) is 3. The summed E-state index contributed by atoms with van der Waals surface area (Å²) in [6.07, 6.45) is 5.32. The highest BCUT2D eigenvalue weighted by atomic mass is 16.5. The smallest absolute Gasteiger partial charge is 0.0682 e. The lowest BCUT2D eigenvalue weighted by Gasteiger charge is -2.50. The zero-order valence-corrected chi connectivity index (χ0v) is 9.48.